The van der Waals surface area contributed by atoms with Gasteiger partial charge in [-0.05, 0) is 0 Å². The quantitative estimate of drug-likeness (QED) is 0.529. The van der Waals surface area contributed by atoms with E-state index in [1.807, 2.05) is 0 Å². The van der Waals surface area contributed by atoms with Gasteiger partial charge in [0.25, 0.3) is 0 Å². The predicted molar refractivity (Wildman–Crippen MR) is 26.0 cm³/mol. The van der Waals surface area contributed by atoms with E-state index in [9.17, 15) is 0 Å². The minimum absolute atomic E-state index is 0.157. The summed E-state index contributed by atoms with van der Waals surface area (Å²) < 4.78 is 6.48. The van der Waals surface area contributed by atoms with Crippen LogP contribution in [0.4, 0.5) is 0 Å². The number of rotatable bonds is 2. The second-order valence-corrected chi connectivity index (χ2v) is 1.49. The first-order chi connectivity index (χ1) is 3.93. The Balaban J connectivity index is 2.50. The fourth-order valence-corrected chi connectivity index (χ4v) is 0.504. The van der Waals surface area contributed by atoms with Crippen LogP contribution >= 0.6 is 0 Å². The van der Waals surface area contributed by atoms with Gasteiger partial charge in [0.2, 0.25) is 6.20 Å². The van der Waals surface area contributed by atoms with E-state index in [0.29, 0.717) is 6.54 Å². The molecule has 0 saturated heterocycles. The van der Waals surface area contributed by atoms with Crippen molar-refractivity contribution >= 4 is 0 Å². The Bertz CT molecular complexity index is 136. The fourth-order valence-electron chi connectivity index (χ4n) is 0.504. The van der Waals surface area contributed by atoms with Crippen molar-refractivity contribution in [3.63, 3.8) is 0 Å². The molecule has 0 aromatic carbocycles. The van der Waals surface area contributed by atoms with Gasteiger partial charge in [-0.1, -0.05) is 0 Å². The number of hydrogen-bond donors (Lipinski definition) is 1. The predicted octanol–water partition coefficient (Wildman–Crippen LogP) is -0.441. The molecule has 1 aromatic rings. The Morgan fingerprint density at radius 3 is 3.00 bits per heavy atom. The van der Waals surface area contributed by atoms with Crippen molar-refractivity contribution in [2.45, 2.75) is 6.54 Å². The Labute approximate surface area is 47.2 Å². The second kappa shape index (κ2) is 2.47. The molecule has 0 saturated carbocycles. The fraction of sp³-hybridized carbons (Fsp3) is 0.400. The van der Waals surface area contributed by atoms with Crippen molar-refractivity contribution in [2.75, 3.05) is 6.61 Å². The summed E-state index contributed by atoms with van der Waals surface area (Å²) in [4.78, 5) is 0. The van der Waals surface area contributed by atoms with Crippen LogP contribution in [0, 0.1) is 0 Å². The van der Waals surface area contributed by atoms with Crippen LogP contribution < -0.4 is 4.57 Å². The first-order valence-electron chi connectivity index (χ1n) is 2.45. The van der Waals surface area contributed by atoms with E-state index in [2.05, 4.69) is 0 Å². The van der Waals surface area contributed by atoms with Crippen LogP contribution in [-0.2, 0) is 6.54 Å². The highest BCUT2D eigenvalue weighted by Crippen LogP contribution is 1.73. The normalized spacial score (nSPS) is 9.62. The second-order valence-electron chi connectivity index (χ2n) is 1.49. The highest BCUT2D eigenvalue weighted by molar-refractivity contribution is 4.46. The first kappa shape index (κ1) is 5.31. The molecule has 8 heavy (non-hydrogen) atoms. The summed E-state index contributed by atoms with van der Waals surface area (Å²) in [5.41, 5.74) is 0. The molecule has 0 atom stereocenters. The molecular weight excluding hydrogens is 106 g/mol. The lowest BCUT2D eigenvalue weighted by molar-refractivity contribution is -0.700. The molecule has 0 aliphatic rings. The lowest BCUT2D eigenvalue weighted by atomic mass is 10.7. The monoisotopic (exact) mass is 114 g/mol. The molecule has 44 valence electrons. The molecule has 0 aliphatic heterocycles. The van der Waals surface area contributed by atoms with Gasteiger partial charge in [0.15, 0.2) is 12.8 Å². The minimum atomic E-state index is 0.157. The van der Waals surface area contributed by atoms with Crippen molar-refractivity contribution in [3.05, 3.63) is 18.9 Å². The van der Waals surface area contributed by atoms with Crippen molar-refractivity contribution in [1.29, 1.82) is 0 Å². The molecule has 1 heterocycles. The Morgan fingerprint density at radius 2 is 2.50 bits per heavy atom. The van der Waals surface area contributed by atoms with E-state index < -0.39 is 0 Å². The van der Waals surface area contributed by atoms with E-state index in [-0.39, 0.29) is 6.61 Å². The summed E-state index contributed by atoms with van der Waals surface area (Å²) in [6.07, 6.45) is 4.88. The van der Waals surface area contributed by atoms with Gasteiger partial charge < -0.3 is 9.52 Å². The van der Waals surface area contributed by atoms with Crippen molar-refractivity contribution in [2.24, 2.45) is 0 Å². The molecule has 1 aromatic heterocycles. The van der Waals surface area contributed by atoms with Gasteiger partial charge in [0.1, 0.15) is 6.61 Å². The maximum Gasteiger partial charge on any atom is 0.334 e. The van der Waals surface area contributed by atoms with Crippen LogP contribution in [0.1, 0.15) is 0 Å². The van der Waals surface area contributed by atoms with Gasteiger partial charge in [-0.2, -0.15) is 4.57 Å². The number of aliphatic hydroxyl groups excluding tert-OH is 1. The Hall–Kier alpha value is -0.830. The zero-order chi connectivity index (χ0) is 5.82. The maximum atomic E-state index is 8.38. The summed E-state index contributed by atoms with van der Waals surface area (Å²) in [6.45, 7) is 0.765. The largest absolute Gasteiger partial charge is 0.412 e. The third-order valence-corrected chi connectivity index (χ3v) is 0.885. The summed E-state index contributed by atoms with van der Waals surface area (Å²) in [6, 6.07) is 0. The van der Waals surface area contributed by atoms with Crippen molar-refractivity contribution in [3.8, 4) is 0 Å². The van der Waals surface area contributed by atoms with Crippen molar-refractivity contribution < 1.29 is 14.1 Å². The molecule has 0 aliphatic carbocycles. The van der Waals surface area contributed by atoms with Crippen LogP contribution in [0.2, 0.25) is 0 Å². The SMILES string of the molecule is OCC[n+]1ccoc1. The molecule has 0 spiro atoms. The van der Waals surface area contributed by atoms with Gasteiger partial charge in [-0.15, -0.1) is 0 Å². The standard InChI is InChI=1S/C5H8NO2/c7-3-1-6-2-4-8-5-6/h2,4-5,7H,1,3H2/q+1. The number of oxazole rings is 1. The van der Waals surface area contributed by atoms with E-state index in [1.165, 1.54) is 0 Å². The van der Waals surface area contributed by atoms with Gasteiger partial charge in [0, 0.05) is 0 Å². The Kier molecular flexibility index (Phi) is 1.64. The van der Waals surface area contributed by atoms with E-state index in [0.717, 1.165) is 0 Å². The van der Waals surface area contributed by atoms with Gasteiger partial charge in [-0.25, -0.2) is 0 Å². The van der Waals surface area contributed by atoms with Crippen LogP contribution in [0.5, 0.6) is 0 Å². The first-order valence-corrected chi connectivity index (χ1v) is 2.45. The van der Waals surface area contributed by atoms with Crippen LogP contribution in [0.3, 0.4) is 0 Å². The average Bonchev–Trinajstić information content (AvgIpc) is 2.19. The third kappa shape index (κ3) is 1.07. The third-order valence-electron chi connectivity index (χ3n) is 0.885. The summed E-state index contributed by atoms with van der Waals surface area (Å²) in [5, 5.41) is 8.38. The summed E-state index contributed by atoms with van der Waals surface area (Å²) >= 11 is 0. The highest BCUT2D eigenvalue weighted by atomic mass is 16.3. The smallest absolute Gasteiger partial charge is 0.334 e. The van der Waals surface area contributed by atoms with Gasteiger partial charge in [0.05, 0.1) is 0 Å². The zero-order valence-electron chi connectivity index (χ0n) is 4.45. The molecular formula is C5H8NO2+. The van der Waals surface area contributed by atoms with E-state index in [1.54, 1.807) is 23.4 Å². The maximum absolute atomic E-state index is 8.38. The minimum Gasteiger partial charge on any atom is -0.412 e. The van der Waals surface area contributed by atoms with Gasteiger partial charge >= 0.3 is 6.39 Å². The van der Waals surface area contributed by atoms with E-state index in [4.69, 9.17) is 9.52 Å². The van der Waals surface area contributed by atoms with Crippen LogP contribution in [0.25, 0.3) is 0 Å². The number of nitrogens with zero attached hydrogens (tertiary/aromatic N) is 1. The molecule has 1 rings (SSSR count). The summed E-state index contributed by atoms with van der Waals surface area (Å²) in [5.74, 6) is 0. The molecule has 3 heteroatoms. The topological polar surface area (TPSA) is 37.2 Å². The Morgan fingerprint density at radius 1 is 1.62 bits per heavy atom. The highest BCUT2D eigenvalue weighted by Gasteiger charge is 1.95. The van der Waals surface area contributed by atoms with Crippen LogP contribution in [0.15, 0.2) is 23.3 Å². The molecule has 0 radical (unpaired) electrons. The lowest BCUT2D eigenvalue weighted by Crippen LogP contribution is -2.31. The number of hydrogen-bond acceptors (Lipinski definition) is 2. The molecule has 0 amide bonds. The molecule has 0 unspecified atom stereocenters. The van der Waals surface area contributed by atoms with Crippen LogP contribution in [-0.4, -0.2) is 11.7 Å². The molecule has 0 bridgehead atoms. The molecule has 1 N–H and O–H groups in total. The number of aliphatic hydroxyl groups is 1. The number of aromatic nitrogens is 1. The molecule has 0 fully saturated rings. The van der Waals surface area contributed by atoms with Crippen molar-refractivity contribution in [1.82, 2.24) is 0 Å². The lowest BCUT2D eigenvalue weighted by Gasteiger charge is -1.80. The van der Waals surface area contributed by atoms with E-state index >= 15 is 0 Å². The zero-order valence-corrected chi connectivity index (χ0v) is 4.45. The summed E-state index contributed by atoms with van der Waals surface area (Å²) in [7, 11) is 0. The average molecular weight is 114 g/mol. The molecule has 3 nitrogen and oxygen atoms in total. The van der Waals surface area contributed by atoms with Gasteiger partial charge in [-0.3, -0.25) is 0 Å².